The average Bonchev–Trinajstić information content (AvgIpc) is 2.95. The minimum absolute atomic E-state index is 0.140. The van der Waals surface area contributed by atoms with Crippen molar-refractivity contribution in [3.63, 3.8) is 0 Å². The predicted molar refractivity (Wildman–Crippen MR) is 130 cm³/mol. The minimum Gasteiger partial charge on any atom is -0.348 e. The van der Waals surface area contributed by atoms with E-state index in [4.69, 9.17) is 11.6 Å². The van der Waals surface area contributed by atoms with E-state index in [1.807, 2.05) is 26.0 Å². The molecule has 2 N–H and O–H groups in total. The Labute approximate surface area is 190 Å². The Morgan fingerprint density at radius 3 is 2.48 bits per heavy atom. The van der Waals surface area contributed by atoms with Crippen LogP contribution in [0.3, 0.4) is 0 Å². The molecule has 1 heterocycles. The molecule has 31 heavy (non-hydrogen) atoms. The minimum atomic E-state index is -0.140. The van der Waals surface area contributed by atoms with E-state index in [9.17, 15) is 9.59 Å². The quantitative estimate of drug-likeness (QED) is 0.369. The third-order valence-electron chi connectivity index (χ3n) is 5.64. The van der Waals surface area contributed by atoms with Crippen LogP contribution in [0.1, 0.15) is 75.1 Å². The fourth-order valence-corrected chi connectivity index (χ4v) is 4.27. The lowest BCUT2D eigenvalue weighted by Gasteiger charge is -2.14. The van der Waals surface area contributed by atoms with E-state index in [1.54, 1.807) is 6.07 Å². The summed E-state index contributed by atoms with van der Waals surface area (Å²) in [5.74, 6) is -0.140. The normalized spacial score (nSPS) is 12.9. The first kappa shape index (κ1) is 24.7. The highest BCUT2D eigenvalue weighted by molar-refractivity contribution is 6.32. The van der Waals surface area contributed by atoms with E-state index in [0.29, 0.717) is 23.5 Å². The third kappa shape index (κ3) is 5.59. The molecule has 0 aliphatic carbocycles. The zero-order valence-electron chi connectivity index (χ0n) is 19.6. The Kier molecular flexibility index (Phi) is 8.52. The van der Waals surface area contributed by atoms with Crippen LogP contribution in [-0.2, 0) is 4.79 Å². The van der Waals surface area contributed by atoms with E-state index in [-0.39, 0.29) is 11.9 Å². The Morgan fingerprint density at radius 2 is 1.90 bits per heavy atom. The van der Waals surface area contributed by atoms with Gasteiger partial charge in [0, 0.05) is 34.4 Å². The van der Waals surface area contributed by atoms with Gasteiger partial charge in [-0.2, -0.15) is 0 Å². The van der Waals surface area contributed by atoms with E-state index < -0.39 is 0 Å². The van der Waals surface area contributed by atoms with Crippen LogP contribution in [0, 0.1) is 13.8 Å². The van der Waals surface area contributed by atoms with Gasteiger partial charge in [0.25, 0.3) is 5.91 Å². The second-order valence-electron chi connectivity index (χ2n) is 8.35. The maximum Gasteiger partial charge on any atom is 0.252 e. The van der Waals surface area contributed by atoms with Crippen molar-refractivity contribution in [2.24, 2.45) is 0 Å². The molecule has 0 atom stereocenters. The monoisotopic (exact) mass is 443 g/mol. The number of aromatic nitrogens is 1. The molecule has 168 valence electrons. The molecule has 0 unspecified atom stereocenters. The summed E-state index contributed by atoms with van der Waals surface area (Å²) in [5.41, 5.74) is 6.79. The molecule has 0 fully saturated rings. The van der Waals surface area contributed by atoms with Crippen molar-refractivity contribution in [3.05, 3.63) is 56.9 Å². The van der Waals surface area contributed by atoms with Crippen molar-refractivity contribution >= 4 is 34.8 Å². The maximum absolute atomic E-state index is 13.2. The number of halogens is 1. The van der Waals surface area contributed by atoms with Crippen molar-refractivity contribution in [2.45, 2.75) is 67.3 Å². The van der Waals surface area contributed by atoms with E-state index in [0.717, 1.165) is 51.8 Å². The lowest BCUT2D eigenvalue weighted by molar-refractivity contribution is -0.108. The number of carbonyl (C=O) groups excluding carboxylic acids is 2. The lowest BCUT2D eigenvalue weighted by Crippen LogP contribution is -2.26. The Hall–Kier alpha value is -2.53. The zero-order valence-corrected chi connectivity index (χ0v) is 20.4. The molecule has 0 radical (unpaired) electrons. The van der Waals surface area contributed by atoms with Gasteiger partial charge in [-0.3, -0.25) is 9.59 Å². The van der Waals surface area contributed by atoms with Gasteiger partial charge in [0.1, 0.15) is 0 Å². The lowest BCUT2D eigenvalue weighted by atomic mass is 10.0. The maximum atomic E-state index is 13.2. The Balaban J connectivity index is 2.40. The molecule has 0 aliphatic heterocycles. The molecule has 6 heteroatoms. The number of aryl methyl sites for hydroxylation is 1. The number of hydrogen-bond acceptors (Lipinski definition) is 2. The van der Waals surface area contributed by atoms with Crippen LogP contribution in [0.2, 0.25) is 5.02 Å². The molecule has 2 amide bonds. The van der Waals surface area contributed by atoms with Gasteiger partial charge in [-0.1, -0.05) is 30.5 Å². The van der Waals surface area contributed by atoms with Gasteiger partial charge in [0.05, 0.1) is 11.1 Å². The molecule has 1 aromatic carbocycles. The van der Waals surface area contributed by atoms with Crippen LogP contribution in [0.15, 0.2) is 35.1 Å². The third-order valence-corrected chi connectivity index (χ3v) is 5.86. The Morgan fingerprint density at radius 1 is 1.23 bits per heavy atom. The van der Waals surface area contributed by atoms with Crippen molar-refractivity contribution in [1.82, 2.24) is 15.2 Å². The molecule has 0 saturated carbocycles. The van der Waals surface area contributed by atoms with Crippen molar-refractivity contribution < 1.29 is 9.59 Å². The summed E-state index contributed by atoms with van der Waals surface area (Å²) in [7, 11) is 0. The van der Waals surface area contributed by atoms with E-state index >= 15 is 0 Å². The summed E-state index contributed by atoms with van der Waals surface area (Å²) in [6, 6.07) is 3.95. The van der Waals surface area contributed by atoms with Gasteiger partial charge in [0.15, 0.2) is 0 Å². The molecule has 0 spiro atoms. The van der Waals surface area contributed by atoms with Gasteiger partial charge in [-0.15, -0.1) is 0 Å². The Bertz CT molecular complexity index is 1040. The van der Waals surface area contributed by atoms with Gasteiger partial charge in [0.2, 0.25) is 6.41 Å². The van der Waals surface area contributed by atoms with Crippen molar-refractivity contribution in [1.29, 1.82) is 0 Å². The molecule has 1 aromatic heterocycles. The number of benzene rings is 1. The molecule has 0 saturated heterocycles. The van der Waals surface area contributed by atoms with Gasteiger partial charge in [-0.25, -0.2) is 0 Å². The second-order valence-corrected chi connectivity index (χ2v) is 8.79. The smallest absolute Gasteiger partial charge is 0.252 e. The molecule has 5 nitrogen and oxygen atoms in total. The molecule has 2 aromatic rings. The average molecular weight is 444 g/mol. The molecular formula is C25H34ClN3O2. The fourth-order valence-electron chi connectivity index (χ4n) is 4.06. The summed E-state index contributed by atoms with van der Waals surface area (Å²) < 4.78 is 2.23. The van der Waals surface area contributed by atoms with E-state index in [1.165, 1.54) is 0 Å². The summed E-state index contributed by atoms with van der Waals surface area (Å²) in [6.45, 7) is 14.8. The second kappa shape index (κ2) is 10.7. The molecule has 0 aliphatic rings. The number of carbonyl (C=O) groups is 2. The molecule has 0 bridgehead atoms. The van der Waals surface area contributed by atoms with Crippen LogP contribution in [0.5, 0.6) is 0 Å². The first-order chi connectivity index (χ1) is 14.6. The standard InChI is InChI=1S/C25H34ClN3O2/c1-8-9-20(10-17(5)28-14-30)16(4)13-27-25(31)22-11-21(26)12-23-24(22)18(6)19(7)29(23)15(2)3/h10-12,14-15H,8-9,13H2,1-7H3,(H,27,31)(H,28,30)/b17-10-,20-16+. The van der Waals surface area contributed by atoms with Crippen molar-refractivity contribution in [2.75, 3.05) is 6.54 Å². The summed E-state index contributed by atoms with van der Waals surface area (Å²) >= 11 is 6.40. The highest BCUT2D eigenvalue weighted by atomic mass is 35.5. The summed E-state index contributed by atoms with van der Waals surface area (Å²) in [5, 5.41) is 7.24. The number of allylic oxidation sites excluding steroid dienone is 3. The van der Waals surface area contributed by atoms with Crippen LogP contribution >= 0.6 is 11.6 Å². The van der Waals surface area contributed by atoms with Gasteiger partial charge < -0.3 is 15.2 Å². The SMILES string of the molecule is CCCC(/C=C(/C)NC=O)=C(/C)CNC(=O)c1cc(Cl)cc2c1c(C)c(C)n2C(C)C. The first-order valence-electron chi connectivity index (χ1n) is 10.8. The molecular weight excluding hydrogens is 410 g/mol. The topological polar surface area (TPSA) is 63.1 Å². The van der Waals surface area contributed by atoms with E-state index in [2.05, 4.69) is 49.8 Å². The highest BCUT2D eigenvalue weighted by Crippen LogP contribution is 2.33. The summed E-state index contributed by atoms with van der Waals surface area (Å²) in [6.07, 6.45) is 4.48. The van der Waals surface area contributed by atoms with Crippen LogP contribution in [0.25, 0.3) is 10.9 Å². The van der Waals surface area contributed by atoms with Gasteiger partial charge in [-0.05, 0) is 77.3 Å². The number of nitrogens with zero attached hydrogens (tertiary/aromatic N) is 1. The van der Waals surface area contributed by atoms with Crippen LogP contribution in [0.4, 0.5) is 0 Å². The predicted octanol–water partition coefficient (Wildman–Crippen LogP) is 5.99. The molecule has 2 rings (SSSR count). The fraction of sp³-hybridized carbons (Fsp3) is 0.440. The first-order valence-corrected chi connectivity index (χ1v) is 11.2. The van der Waals surface area contributed by atoms with Crippen molar-refractivity contribution in [3.8, 4) is 0 Å². The number of fused-ring (bicyclic) bond motifs is 1. The number of rotatable bonds is 9. The van der Waals surface area contributed by atoms with Crippen LogP contribution in [-0.4, -0.2) is 23.4 Å². The van der Waals surface area contributed by atoms with Gasteiger partial charge >= 0.3 is 0 Å². The zero-order chi connectivity index (χ0) is 23.3. The largest absolute Gasteiger partial charge is 0.348 e. The number of nitrogens with one attached hydrogen (secondary N) is 2. The number of amides is 2. The summed E-state index contributed by atoms with van der Waals surface area (Å²) in [4.78, 5) is 23.9. The van der Waals surface area contributed by atoms with Crippen LogP contribution < -0.4 is 10.6 Å². The highest BCUT2D eigenvalue weighted by Gasteiger charge is 2.20. The number of hydrogen-bond donors (Lipinski definition) is 2.